The number of hydrogen-bond acceptors (Lipinski definition) is 5. The van der Waals surface area contributed by atoms with Gasteiger partial charge < -0.3 is 31.3 Å². The summed E-state index contributed by atoms with van der Waals surface area (Å²) in [6.45, 7) is 0.791. The van der Waals surface area contributed by atoms with Crippen LogP contribution < -0.4 is 16.0 Å². The van der Waals surface area contributed by atoms with E-state index in [4.69, 9.17) is 5.11 Å². The quantitative estimate of drug-likeness (QED) is 0.276. The van der Waals surface area contributed by atoms with Crippen LogP contribution in [0.5, 0.6) is 11.5 Å². The minimum atomic E-state index is -1.04. The first-order valence-corrected chi connectivity index (χ1v) is 7.86. The molecule has 1 aromatic rings. The molecule has 8 heteroatoms. The minimum absolute atomic E-state index is 0.119. The van der Waals surface area contributed by atoms with Crippen LogP contribution in [0.1, 0.15) is 24.8 Å². The van der Waals surface area contributed by atoms with Crippen LogP contribution in [-0.2, 0) is 11.2 Å². The standard InChI is InChI=1S/C16H25N3O5/c1-17-12(4-2-3-8-19-16(23)24)15(22)18-9-7-11-5-6-13(20)14(21)10-11/h5-6,10,12,17,19-21H,2-4,7-9H2,1H3,(H,18,22)(H,23,24). The lowest BCUT2D eigenvalue weighted by Crippen LogP contribution is -2.43. The van der Waals surface area contributed by atoms with E-state index in [-0.39, 0.29) is 23.4 Å². The summed E-state index contributed by atoms with van der Waals surface area (Å²) in [6.07, 6.45) is 1.51. The Hall–Kier alpha value is -2.48. The Kier molecular flexibility index (Phi) is 8.42. The molecule has 0 fully saturated rings. The van der Waals surface area contributed by atoms with Crippen molar-refractivity contribution in [1.29, 1.82) is 0 Å². The van der Waals surface area contributed by atoms with Gasteiger partial charge in [0.15, 0.2) is 11.5 Å². The van der Waals surface area contributed by atoms with Crippen molar-refractivity contribution in [2.24, 2.45) is 0 Å². The summed E-state index contributed by atoms with van der Waals surface area (Å²) in [6, 6.07) is 4.23. The summed E-state index contributed by atoms with van der Waals surface area (Å²) in [5.74, 6) is -0.469. The fourth-order valence-corrected chi connectivity index (χ4v) is 2.25. The third-order valence-corrected chi connectivity index (χ3v) is 3.61. The Morgan fingerprint density at radius 1 is 1.08 bits per heavy atom. The monoisotopic (exact) mass is 339 g/mol. The predicted octanol–water partition coefficient (Wildman–Crippen LogP) is 0.782. The van der Waals surface area contributed by atoms with Crippen molar-refractivity contribution >= 4 is 12.0 Å². The highest BCUT2D eigenvalue weighted by Crippen LogP contribution is 2.24. The molecule has 1 unspecified atom stereocenters. The number of carboxylic acid groups (broad SMARTS) is 1. The van der Waals surface area contributed by atoms with Crippen molar-refractivity contribution in [3.63, 3.8) is 0 Å². The summed E-state index contributed by atoms with van der Waals surface area (Å²) in [4.78, 5) is 22.4. The molecule has 0 spiro atoms. The van der Waals surface area contributed by atoms with E-state index in [1.54, 1.807) is 13.1 Å². The molecule has 0 radical (unpaired) electrons. The Morgan fingerprint density at radius 3 is 2.46 bits per heavy atom. The van der Waals surface area contributed by atoms with Gasteiger partial charge in [0.1, 0.15) is 0 Å². The second-order valence-corrected chi connectivity index (χ2v) is 5.43. The number of rotatable bonds is 10. The van der Waals surface area contributed by atoms with Gasteiger partial charge in [-0.1, -0.05) is 6.07 Å². The van der Waals surface area contributed by atoms with E-state index in [0.717, 1.165) is 12.0 Å². The summed E-state index contributed by atoms with van der Waals surface area (Å²) in [5, 5.41) is 35.2. The van der Waals surface area contributed by atoms with Crippen molar-refractivity contribution < 1.29 is 24.9 Å². The number of phenolic OH excluding ortho intramolecular Hbond substituents is 2. The maximum Gasteiger partial charge on any atom is 0.404 e. The Balaban J connectivity index is 2.28. The summed E-state index contributed by atoms with van der Waals surface area (Å²) in [7, 11) is 1.71. The van der Waals surface area contributed by atoms with E-state index in [9.17, 15) is 19.8 Å². The van der Waals surface area contributed by atoms with Gasteiger partial charge in [0.05, 0.1) is 6.04 Å². The fraction of sp³-hybridized carbons (Fsp3) is 0.500. The van der Waals surface area contributed by atoms with Crippen molar-refractivity contribution in [1.82, 2.24) is 16.0 Å². The molecule has 0 saturated carbocycles. The van der Waals surface area contributed by atoms with Crippen LogP contribution >= 0.6 is 0 Å². The molecule has 1 rings (SSSR count). The smallest absolute Gasteiger partial charge is 0.404 e. The first kappa shape index (κ1) is 19.6. The van der Waals surface area contributed by atoms with E-state index in [1.165, 1.54) is 12.1 Å². The number of hydrogen-bond donors (Lipinski definition) is 6. The normalized spacial score (nSPS) is 11.7. The number of amides is 2. The largest absolute Gasteiger partial charge is 0.504 e. The Labute approximate surface area is 140 Å². The molecule has 1 atom stereocenters. The third kappa shape index (κ3) is 7.19. The van der Waals surface area contributed by atoms with Crippen molar-refractivity contribution in [3.05, 3.63) is 23.8 Å². The van der Waals surface area contributed by atoms with Crippen LogP contribution in [-0.4, -0.2) is 53.5 Å². The van der Waals surface area contributed by atoms with Gasteiger partial charge in [-0.25, -0.2) is 4.79 Å². The van der Waals surface area contributed by atoms with Gasteiger partial charge in [0, 0.05) is 13.1 Å². The number of benzene rings is 1. The molecule has 0 aliphatic heterocycles. The molecule has 0 bridgehead atoms. The van der Waals surface area contributed by atoms with Gasteiger partial charge in [-0.3, -0.25) is 4.79 Å². The number of nitrogens with one attached hydrogen (secondary N) is 3. The van der Waals surface area contributed by atoms with E-state index >= 15 is 0 Å². The molecule has 2 amide bonds. The highest BCUT2D eigenvalue weighted by molar-refractivity contribution is 5.81. The molecular formula is C16H25N3O5. The topological polar surface area (TPSA) is 131 Å². The third-order valence-electron chi connectivity index (χ3n) is 3.61. The number of carbonyl (C=O) groups is 2. The highest BCUT2D eigenvalue weighted by Gasteiger charge is 2.15. The van der Waals surface area contributed by atoms with Gasteiger partial charge >= 0.3 is 6.09 Å². The van der Waals surface area contributed by atoms with Gasteiger partial charge in [-0.05, 0) is 50.4 Å². The highest BCUT2D eigenvalue weighted by atomic mass is 16.4. The van der Waals surface area contributed by atoms with Crippen LogP contribution in [0.4, 0.5) is 4.79 Å². The van der Waals surface area contributed by atoms with Crippen LogP contribution in [0.3, 0.4) is 0 Å². The van der Waals surface area contributed by atoms with E-state index < -0.39 is 6.09 Å². The van der Waals surface area contributed by atoms with Gasteiger partial charge in [0.2, 0.25) is 5.91 Å². The lowest BCUT2D eigenvalue weighted by atomic mass is 10.1. The lowest BCUT2D eigenvalue weighted by molar-refractivity contribution is -0.123. The fourth-order valence-electron chi connectivity index (χ4n) is 2.25. The molecule has 134 valence electrons. The molecule has 0 aliphatic rings. The molecule has 24 heavy (non-hydrogen) atoms. The average molecular weight is 339 g/mol. The van der Waals surface area contributed by atoms with E-state index in [0.29, 0.717) is 32.4 Å². The minimum Gasteiger partial charge on any atom is -0.504 e. The maximum atomic E-state index is 12.1. The van der Waals surface area contributed by atoms with Crippen LogP contribution in [0.25, 0.3) is 0 Å². The summed E-state index contributed by atoms with van der Waals surface area (Å²) >= 11 is 0. The maximum absolute atomic E-state index is 12.1. The molecule has 0 saturated heterocycles. The first-order valence-electron chi connectivity index (χ1n) is 7.86. The van der Waals surface area contributed by atoms with Crippen molar-refractivity contribution in [2.45, 2.75) is 31.7 Å². The molecule has 0 aliphatic carbocycles. The van der Waals surface area contributed by atoms with Gasteiger partial charge in [0.25, 0.3) is 0 Å². The molecule has 0 heterocycles. The second kappa shape index (κ2) is 10.3. The number of unbranched alkanes of at least 4 members (excludes halogenated alkanes) is 1. The zero-order valence-corrected chi connectivity index (χ0v) is 13.7. The lowest BCUT2D eigenvalue weighted by Gasteiger charge is -2.16. The zero-order chi connectivity index (χ0) is 17.9. The summed E-state index contributed by atoms with van der Waals surface area (Å²) < 4.78 is 0. The van der Waals surface area contributed by atoms with E-state index in [2.05, 4.69) is 16.0 Å². The van der Waals surface area contributed by atoms with E-state index in [1.807, 2.05) is 0 Å². The van der Waals surface area contributed by atoms with Crippen LogP contribution in [0.2, 0.25) is 0 Å². The number of aromatic hydroxyl groups is 2. The Bertz CT molecular complexity index is 551. The molecule has 6 N–H and O–H groups in total. The zero-order valence-electron chi connectivity index (χ0n) is 13.7. The number of carbonyl (C=O) groups excluding carboxylic acids is 1. The van der Waals surface area contributed by atoms with Gasteiger partial charge in [-0.2, -0.15) is 0 Å². The van der Waals surface area contributed by atoms with Crippen LogP contribution in [0.15, 0.2) is 18.2 Å². The second-order valence-electron chi connectivity index (χ2n) is 5.43. The van der Waals surface area contributed by atoms with Gasteiger partial charge in [-0.15, -0.1) is 0 Å². The van der Waals surface area contributed by atoms with Crippen molar-refractivity contribution in [3.8, 4) is 11.5 Å². The number of phenols is 2. The SMILES string of the molecule is CNC(CCCCNC(=O)O)C(=O)NCCc1ccc(O)c(O)c1. The molecule has 8 nitrogen and oxygen atoms in total. The van der Waals surface area contributed by atoms with Crippen LogP contribution in [0, 0.1) is 0 Å². The molecular weight excluding hydrogens is 314 g/mol. The molecule has 0 aromatic heterocycles. The predicted molar refractivity (Wildman–Crippen MR) is 89.2 cm³/mol. The molecule has 1 aromatic carbocycles. The first-order chi connectivity index (χ1) is 11.4. The number of likely N-dealkylation sites (N-methyl/N-ethyl adjacent to an activating group) is 1. The summed E-state index contributed by atoms with van der Waals surface area (Å²) in [5.41, 5.74) is 0.811. The Morgan fingerprint density at radius 2 is 1.83 bits per heavy atom. The van der Waals surface area contributed by atoms with Crippen molar-refractivity contribution in [2.75, 3.05) is 20.1 Å². The average Bonchev–Trinajstić information content (AvgIpc) is 2.53.